The summed E-state index contributed by atoms with van der Waals surface area (Å²) in [5, 5.41) is 32.3. The van der Waals surface area contributed by atoms with Gasteiger partial charge in [0.15, 0.2) is 0 Å². The Balaban J connectivity index is 0.000000197. The lowest BCUT2D eigenvalue weighted by Crippen LogP contribution is -2.36. The number of Topliss-reactive ketones (excluding diaryl/α,β-unsaturated/α-hetero) is 1. The second-order valence-electron chi connectivity index (χ2n) is 9.70. The maximum Gasteiger partial charge on any atom is 0.272 e. The Morgan fingerprint density at radius 3 is 1.86 bits per heavy atom. The monoisotopic (exact) mass is 597 g/mol. The van der Waals surface area contributed by atoms with Gasteiger partial charge < -0.3 is 29.0 Å². The van der Waals surface area contributed by atoms with Crippen LogP contribution in [0.3, 0.4) is 0 Å². The Morgan fingerprint density at radius 2 is 1.37 bits per heavy atom. The molecular formula is C27H31N7O9. The summed E-state index contributed by atoms with van der Waals surface area (Å²) in [6.45, 7) is 7.83. The van der Waals surface area contributed by atoms with E-state index in [2.05, 4.69) is 15.5 Å². The van der Waals surface area contributed by atoms with Crippen LogP contribution < -0.4 is 15.1 Å². The first-order valence-corrected chi connectivity index (χ1v) is 13.4. The molecule has 1 N–H and O–H groups in total. The Bertz CT molecular complexity index is 1480. The van der Waals surface area contributed by atoms with Gasteiger partial charge in [-0.1, -0.05) is 0 Å². The van der Waals surface area contributed by atoms with Gasteiger partial charge in [0, 0.05) is 79.9 Å². The van der Waals surface area contributed by atoms with Gasteiger partial charge in [-0.3, -0.25) is 29.8 Å². The lowest BCUT2D eigenvalue weighted by atomic mass is 10.1. The maximum absolute atomic E-state index is 12.0. The van der Waals surface area contributed by atoms with E-state index in [9.17, 15) is 29.8 Å². The zero-order valence-electron chi connectivity index (χ0n) is 23.7. The first-order chi connectivity index (χ1) is 20.6. The molecule has 2 saturated heterocycles. The minimum atomic E-state index is -0.536. The van der Waals surface area contributed by atoms with Gasteiger partial charge in [-0.25, -0.2) is 0 Å². The number of amides is 1. The SMILES string of the molecule is CC(=O)CNC(=O)c1cc(N2CCOCC2)cc([N+](=O)[O-])c1.Cc1nnc(-c2cc(N3CCOCC3)cc([N+](=O)[O-])c2)o1. The molecule has 2 fully saturated rings. The second kappa shape index (κ2) is 14.3. The molecular weight excluding hydrogens is 566 g/mol. The van der Waals surface area contributed by atoms with Crippen molar-refractivity contribution in [2.24, 2.45) is 0 Å². The third-order valence-corrected chi connectivity index (χ3v) is 6.51. The number of ether oxygens (including phenoxy) is 2. The number of carbonyl (C=O) groups excluding carboxylic acids is 2. The molecule has 16 nitrogen and oxygen atoms in total. The predicted octanol–water partition coefficient (Wildman–Crippen LogP) is 2.54. The van der Waals surface area contributed by atoms with Gasteiger partial charge in [-0.2, -0.15) is 0 Å². The number of carbonyl (C=O) groups is 2. The van der Waals surface area contributed by atoms with E-state index < -0.39 is 15.8 Å². The lowest BCUT2D eigenvalue weighted by molar-refractivity contribution is -0.385. The molecule has 0 aliphatic carbocycles. The maximum atomic E-state index is 12.0. The summed E-state index contributed by atoms with van der Waals surface area (Å²) < 4.78 is 15.9. The quantitative estimate of drug-likeness (QED) is 0.294. The summed E-state index contributed by atoms with van der Waals surface area (Å²) in [5.74, 6) is 0.00994. The highest BCUT2D eigenvalue weighted by Gasteiger charge is 2.20. The summed E-state index contributed by atoms with van der Waals surface area (Å²) >= 11 is 0. The van der Waals surface area contributed by atoms with Crippen molar-refractivity contribution in [3.8, 4) is 11.5 Å². The molecule has 0 radical (unpaired) electrons. The Kier molecular flexibility index (Phi) is 10.3. The van der Waals surface area contributed by atoms with E-state index in [-0.39, 0.29) is 35.2 Å². The van der Waals surface area contributed by atoms with Gasteiger partial charge in [0.05, 0.1) is 42.8 Å². The van der Waals surface area contributed by atoms with E-state index in [0.717, 1.165) is 5.69 Å². The van der Waals surface area contributed by atoms with Crippen molar-refractivity contribution in [1.29, 1.82) is 0 Å². The summed E-state index contributed by atoms with van der Waals surface area (Å²) in [6.07, 6.45) is 0. The molecule has 1 aromatic heterocycles. The second-order valence-corrected chi connectivity index (χ2v) is 9.70. The van der Waals surface area contributed by atoms with E-state index in [4.69, 9.17) is 13.9 Å². The van der Waals surface area contributed by atoms with E-state index >= 15 is 0 Å². The number of nitro benzene ring substituents is 2. The van der Waals surface area contributed by atoms with Gasteiger partial charge in [0.25, 0.3) is 17.3 Å². The molecule has 0 spiro atoms. The first-order valence-electron chi connectivity index (χ1n) is 13.4. The molecule has 0 bridgehead atoms. The number of anilines is 2. The third kappa shape index (κ3) is 8.52. The van der Waals surface area contributed by atoms with Gasteiger partial charge in [-0.05, 0) is 19.1 Å². The van der Waals surface area contributed by atoms with Crippen LogP contribution in [0.5, 0.6) is 0 Å². The number of rotatable bonds is 8. The summed E-state index contributed by atoms with van der Waals surface area (Å²) in [6, 6.07) is 9.06. The van der Waals surface area contributed by atoms with Crippen LogP contribution in [-0.4, -0.2) is 90.9 Å². The zero-order chi connectivity index (χ0) is 30.9. The summed E-state index contributed by atoms with van der Waals surface area (Å²) in [4.78, 5) is 48.1. The number of aromatic nitrogens is 2. The molecule has 0 unspecified atom stereocenters. The highest BCUT2D eigenvalue weighted by Crippen LogP contribution is 2.30. The minimum absolute atomic E-state index is 0.00449. The van der Waals surface area contributed by atoms with E-state index in [1.165, 1.54) is 25.1 Å². The number of aryl methyl sites for hydroxylation is 1. The number of non-ortho nitro benzene ring substituents is 2. The first kappa shape index (κ1) is 31.0. The number of nitrogens with one attached hydrogen (secondary N) is 1. The van der Waals surface area contributed by atoms with Crippen molar-refractivity contribution in [3.63, 3.8) is 0 Å². The van der Waals surface area contributed by atoms with Gasteiger partial charge in [0.2, 0.25) is 11.8 Å². The Labute approximate surface area is 245 Å². The van der Waals surface area contributed by atoms with Crippen molar-refractivity contribution in [2.45, 2.75) is 13.8 Å². The van der Waals surface area contributed by atoms with Crippen LogP contribution in [0.1, 0.15) is 23.2 Å². The van der Waals surface area contributed by atoms with Gasteiger partial charge >= 0.3 is 0 Å². The van der Waals surface area contributed by atoms with Crippen LogP contribution in [0.15, 0.2) is 40.8 Å². The van der Waals surface area contributed by atoms with Crippen molar-refractivity contribution >= 4 is 34.4 Å². The van der Waals surface area contributed by atoms with Crippen LogP contribution in [0.2, 0.25) is 0 Å². The van der Waals surface area contributed by atoms with Crippen LogP contribution in [-0.2, 0) is 14.3 Å². The molecule has 16 heteroatoms. The molecule has 43 heavy (non-hydrogen) atoms. The molecule has 0 atom stereocenters. The molecule has 5 rings (SSSR count). The molecule has 2 aromatic carbocycles. The average Bonchev–Trinajstić information content (AvgIpc) is 3.46. The number of ketones is 1. The van der Waals surface area contributed by atoms with E-state index in [0.29, 0.717) is 69.7 Å². The fraction of sp³-hybridized carbons (Fsp3) is 0.407. The zero-order valence-corrected chi connectivity index (χ0v) is 23.7. The fourth-order valence-electron chi connectivity index (χ4n) is 4.38. The van der Waals surface area contributed by atoms with E-state index in [1.807, 2.05) is 15.9 Å². The number of hydrogen-bond acceptors (Lipinski definition) is 13. The van der Waals surface area contributed by atoms with Crippen LogP contribution >= 0.6 is 0 Å². The van der Waals surface area contributed by atoms with Crippen molar-refractivity contribution in [3.05, 3.63) is 68.1 Å². The number of morpholine rings is 2. The number of nitrogens with zero attached hydrogens (tertiary/aromatic N) is 6. The molecule has 3 aromatic rings. The fourth-order valence-corrected chi connectivity index (χ4v) is 4.38. The molecule has 0 saturated carbocycles. The summed E-state index contributed by atoms with van der Waals surface area (Å²) in [7, 11) is 0. The molecule has 2 aliphatic heterocycles. The highest BCUT2D eigenvalue weighted by atomic mass is 16.6. The van der Waals surface area contributed by atoms with Crippen LogP contribution in [0, 0.1) is 27.2 Å². The predicted molar refractivity (Wildman–Crippen MR) is 153 cm³/mol. The van der Waals surface area contributed by atoms with Crippen molar-refractivity contribution in [1.82, 2.24) is 15.5 Å². The largest absolute Gasteiger partial charge is 0.421 e. The summed E-state index contributed by atoms with van der Waals surface area (Å²) in [5.41, 5.74) is 1.92. The average molecular weight is 598 g/mol. The molecule has 1 amide bonds. The van der Waals surface area contributed by atoms with Crippen molar-refractivity contribution < 1.29 is 33.3 Å². The Morgan fingerprint density at radius 1 is 0.837 bits per heavy atom. The topological polar surface area (TPSA) is 196 Å². The smallest absolute Gasteiger partial charge is 0.272 e. The van der Waals surface area contributed by atoms with Gasteiger partial charge in [0.1, 0.15) is 5.78 Å². The molecule has 228 valence electrons. The van der Waals surface area contributed by atoms with E-state index in [1.54, 1.807) is 19.1 Å². The van der Waals surface area contributed by atoms with Crippen LogP contribution in [0.25, 0.3) is 11.5 Å². The van der Waals surface area contributed by atoms with Crippen LogP contribution in [0.4, 0.5) is 22.7 Å². The number of hydrogen-bond donors (Lipinski definition) is 1. The third-order valence-electron chi connectivity index (χ3n) is 6.51. The standard InChI is InChI=1S/C14H17N3O5.C13H14N4O4/c1-10(18)9-15-14(19)11-6-12(8-13(7-11)17(20)21)16-2-4-22-5-3-16;1-9-14-15-13(21-9)10-6-11(8-12(7-10)17(18)19)16-2-4-20-5-3-16/h6-8H,2-5,9H2,1H3,(H,15,19);6-8H,2-5H2,1H3. The molecule has 2 aliphatic rings. The Hall–Kier alpha value is -4.96. The highest BCUT2D eigenvalue weighted by molar-refractivity contribution is 5.98. The number of nitro groups is 2. The minimum Gasteiger partial charge on any atom is -0.421 e. The lowest BCUT2D eigenvalue weighted by Gasteiger charge is -2.29. The van der Waals surface area contributed by atoms with Crippen molar-refractivity contribution in [2.75, 3.05) is 69.0 Å². The van der Waals surface area contributed by atoms with Gasteiger partial charge in [-0.15, -0.1) is 10.2 Å². The normalized spacial score (nSPS) is 14.8. The number of benzene rings is 2. The molecule has 3 heterocycles.